The molecule has 0 saturated heterocycles. The van der Waals surface area contributed by atoms with Crippen molar-refractivity contribution >= 4 is 28.0 Å². The summed E-state index contributed by atoms with van der Waals surface area (Å²) >= 11 is 0. The molecule has 114 valence electrons. The van der Waals surface area contributed by atoms with Crippen LogP contribution in [-0.4, -0.2) is 23.2 Å². The van der Waals surface area contributed by atoms with Gasteiger partial charge in [0.1, 0.15) is 0 Å². The fraction of sp³-hybridized carbons (Fsp3) is 0.571. The SMILES string of the molecule is C[Si](C)(C)O[Si](C)(C)CCOCc1cc(N)cc(N)c1. The molecule has 0 fully saturated rings. The largest absolute Gasteiger partial charge is 0.456 e. The van der Waals surface area contributed by atoms with Crippen LogP contribution >= 0.6 is 0 Å². The van der Waals surface area contributed by atoms with Crippen LogP contribution in [0.15, 0.2) is 18.2 Å². The topological polar surface area (TPSA) is 70.5 Å². The molecule has 20 heavy (non-hydrogen) atoms. The number of rotatable bonds is 7. The Balaban J connectivity index is 2.38. The summed E-state index contributed by atoms with van der Waals surface area (Å²) in [4.78, 5) is 0. The molecular weight excluding hydrogens is 284 g/mol. The van der Waals surface area contributed by atoms with Gasteiger partial charge in [-0.3, -0.25) is 0 Å². The van der Waals surface area contributed by atoms with Crippen molar-refractivity contribution in [2.24, 2.45) is 0 Å². The van der Waals surface area contributed by atoms with Gasteiger partial charge in [-0.15, -0.1) is 0 Å². The summed E-state index contributed by atoms with van der Waals surface area (Å²) in [6.07, 6.45) is 0. The van der Waals surface area contributed by atoms with Crippen molar-refractivity contribution in [1.82, 2.24) is 0 Å². The zero-order valence-corrected chi connectivity index (χ0v) is 15.3. The summed E-state index contributed by atoms with van der Waals surface area (Å²) in [5, 5.41) is 0. The fourth-order valence-corrected chi connectivity index (χ4v) is 9.89. The number of nitrogens with two attached hydrogens (primary N) is 2. The monoisotopic (exact) mass is 312 g/mol. The Morgan fingerprint density at radius 2 is 1.50 bits per heavy atom. The van der Waals surface area contributed by atoms with Crippen molar-refractivity contribution in [2.75, 3.05) is 18.1 Å². The molecular formula is C14H28N2O2Si2. The van der Waals surface area contributed by atoms with Crippen LogP contribution in [0, 0.1) is 0 Å². The third kappa shape index (κ3) is 7.09. The number of nitrogen functional groups attached to an aromatic ring is 2. The van der Waals surface area contributed by atoms with Gasteiger partial charge in [0, 0.05) is 18.0 Å². The highest BCUT2D eigenvalue weighted by Crippen LogP contribution is 2.19. The molecule has 1 aromatic carbocycles. The molecule has 0 radical (unpaired) electrons. The van der Waals surface area contributed by atoms with Crippen LogP contribution in [0.4, 0.5) is 11.4 Å². The summed E-state index contributed by atoms with van der Waals surface area (Å²) in [5.41, 5.74) is 13.9. The quantitative estimate of drug-likeness (QED) is 0.460. The first-order valence-electron chi connectivity index (χ1n) is 7.00. The maximum Gasteiger partial charge on any atom is 0.175 e. The van der Waals surface area contributed by atoms with E-state index in [1.165, 1.54) is 0 Å². The molecule has 0 aliphatic carbocycles. The predicted octanol–water partition coefficient (Wildman–Crippen LogP) is 3.42. The number of anilines is 2. The molecule has 6 heteroatoms. The van der Waals surface area contributed by atoms with Crippen molar-refractivity contribution in [1.29, 1.82) is 0 Å². The van der Waals surface area contributed by atoms with E-state index in [1.807, 2.05) is 12.1 Å². The second kappa shape index (κ2) is 6.75. The number of ether oxygens (including phenoxy) is 1. The number of hydrogen-bond acceptors (Lipinski definition) is 4. The lowest BCUT2D eigenvalue weighted by Crippen LogP contribution is -2.42. The Bertz CT molecular complexity index is 425. The van der Waals surface area contributed by atoms with Gasteiger partial charge in [0.05, 0.1) is 6.61 Å². The van der Waals surface area contributed by atoms with Crippen LogP contribution in [0.1, 0.15) is 5.56 Å². The van der Waals surface area contributed by atoms with Crippen molar-refractivity contribution in [3.63, 3.8) is 0 Å². The lowest BCUT2D eigenvalue weighted by Gasteiger charge is -2.31. The normalized spacial score (nSPS) is 12.7. The number of hydrogen-bond donors (Lipinski definition) is 2. The molecule has 0 bridgehead atoms. The van der Waals surface area contributed by atoms with Crippen molar-refractivity contribution in [3.05, 3.63) is 23.8 Å². The van der Waals surface area contributed by atoms with E-state index < -0.39 is 16.6 Å². The molecule has 0 aromatic heterocycles. The van der Waals surface area contributed by atoms with E-state index in [0.29, 0.717) is 18.0 Å². The highest BCUT2D eigenvalue weighted by atomic mass is 28.4. The second-order valence-electron chi connectivity index (χ2n) is 6.78. The second-order valence-corrected chi connectivity index (χ2v) is 15.8. The summed E-state index contributed by atoms with van der Waals surface area (Å²) in [7, 11) is -3.07. The zero-order chi connectivity index (χ0) is 15.4. The lowest BCUT2D eigenvalue weighted by atomic mass is 10.2. The van der Waals surface area contributed by atoms with E-state index in [0.717, 1.165) is 18.2 Å². The molecule has 0 spiro atoms. The predicted molar refractivity (Wildman–Crippen MR) is 91.6 cm³/mol. The molecule has 1 aromatic rings. The van der Waals surface area contributed by atoms with E-state index in [1.54, 1.807) is 6.07 Å². The van der Waals surface area contributed by atoms with E-state index in [2.05, 4.69) is 32.7 Å². The third-order valence-electron chi connectivity index (χ3n) is 2.74. The Morgan fingerprint density at radius 3 is 2.00 bits per heavy atom. The Hall–Kier alpha value is -0.826. The first kappa shape index (κ1) is 17.2. The van der Waals surface area contributed by atoms with Gasteiger partial charge in [0.25, 0.3) is 0 Å². The third-order valence-corrected chi connectivity index (χ3v) is 8.81. The van der Waals surface area contributed by atoms with E-state index in [9.17, 15) is 0 Å². The average molecular weight is 313 g/mol. The molecule has 0 aliphatic rings. The molecule has 1 rings (SSSR count). The first-order valence-corrected chi connectivity index (χ1v) is 13.5. The first-order chi connectivity index (χ1) is 9.07. The summed E-state index contributed by atoms with van der Waals surface area (Å²) in [5.74, 6) is 0. The fourth-order valence-electron chi connectivity index (χ4n) is 2.22. The molecule has 0 aliphatic heterocycles. The lowest BCUT2D eigenvalue weighted by molar-refractivity contribution is 0.131. The van der Waals surface area contributed by atoms with Gasteiger partial charge in [-0.1, -0.05) is 0 Å². The molecule has 0 unspecified atom stereocenters. The smallest absolute Gasteiger partial charge is 0.175 e. The molecule has 0 atom stereocenters. The van der Waals surface area contributed by atoms with Gasteiger partial charge in [0.2, 0.25) is 0 Å². The maximum atomic E-state index is 6.27. The maximum absolute atomic E-state index is 6.27. The van der Waals surface area contributed by atoms with E-state index in [4.69, 9.17) is 20.3 Å². The van der Waals surface area contributed by atoms with Crippen LogP contribution in [0.5, 0.6) is 0 Å². The summed E-state index contributed by atoms with van der Waals surface area (Å²) in [6, 6.07) is 6.56. The van der Waals surface area contributed by atoms with Gasteiger partial charge in [-0.2, -0.15) is 0 Å². The van der Waals surface area contributed by atoms with E-state index >= 15 is 0 Å². The van der Waals surface area contributed by atoms with Crippen LogP contribution in [-0.2, 0) is 15.5 Å². The number of benzene rings is 1. The highest BCUT2D eigenvalue weighted by Gasteiger charge is 2.29. The summed E-state index contributed by atoms with van der Waals surface area (Å²) in [6.45, 7) is 12.5. The van der Waals surface area contributed by atoms with Crippen LogP contribution in [0.2, 0.25) is 38.8 Å². The van der Waals surface area contributed by atoms with Crippen molar-refractivity contribution in [3.8, 4) is 0 Å². The van der Waals surface area contributed by atoms with Crippen LogP contribution < -0.4 is 11.5 Å². The van der Waals surface area contributed by atoms with Gasteiger partial charge >= 0.3 is 0 Å². The van der Waals surface area contributed by atoms with E-state index in [-0.39, 0.29) is 0 Å². The highest BCUT2D eigenvalue weighted by molar-refractivity contribution is 6.84. The minimum absolute atomic E-state index is 0.548. The molecule has 4 nitrogen and oxygen atoms in total. The standard InChI is InChI=1S/C14H28N2O2Si2/c1-19(2,3)18-20(4,5)7-6-17-11-12-8-13(15)10-14(16)9-12/h8-10H,6-7,11,15-16H2,1-5H3. The minimum Gasteiger partial charge on any atom is -0.456 e. The zero-order valence-electron chi connectivity index (χ0n) is 13.3. The molecule has 4 N–H and O–H groups in total. The molecule has 0 amide bonds. The molecule has 0 saturated carbocycles. The van der Waals surface area contributed by atoms with Gasteiger partial charge < -0.3 is 20.3 Å². The average Bonchev–Trinajstić information content (AvgIpc) is 2.19. The van der Waals surface area contributed by atoms with Crippen LogP contribution in [0.25, 0.3) is 0 Å². The minimum atomic E-state index is -1.61. The van der Waals surface area contributed by atoms with Gasteiger partial charge in [-0.25, -0.2) is 0 Å². The van der Waals surface area contributed by atoms with Gasteiger partial charge in [-0.05, 0) is 62.5 Å². The Kier molecular flexibility index (Phi) is 5.82. The molecule has 0 heterocycles. The van der Waals surface area contributed by atoms with Crippen molar-refractivity contribution in [2.45, 2.75) is 45.4 Å². The summed E-state index contributed by atoms with van der Waals surface area (Å²) < 4.78 is 12.0. The Labute approximate surface area is 124 Å². The van der Waals surface area contributed by atoms with Crippen LogP contribution in [0.3, 0.4) is 0 Å². The van der Waals surface area contributed by atoms with Gasteiger partial charge in [0.15, 0.2) is 16.6 Å². The van der Waals surface area contributed by atoms with Crippen molar-refractivity contribution < 1.29 is 8.85 Å². The Morgan fingerprint density at radius 1 is 0.950 bits per heavy atom.